The van der Waals surface area contributed by atoms with Crippen molar-refractivity contribution in [2.24, 2.45) is 0 Å². The topological polar surface area (TPSA) is 51.7 Å². The highest BCUT2D eigenvalue weighted by Crippen LogP contribution is 2.30. The number of ether oxygens (including phenoxy) is 2. The highest BCUT2D eigenvalue weighted by atomic mass is 16.5. The van der Waals surface area contributed by atoms with Crippen LogP contribution in [-0.2, 0) is 9.53 Å². The van der Waals surface area contributed by atoms with Crippen molar-refractivity contribution < 1.29 is 14.3 Å². The molecule has 0 N–H and O–H groups in total. The Morgan fingerprint density at radius 2 is 1.84 bits per heavy atom. The molecule has 1 unspecified atom stereocenters. The van der Waals surface area contributed by atoms with Gasteiger partial charge in [-0.1, -0.05) is 30.3 Å². The van der Waals surface area contributed by atoms with Gasteiger partial charge in [-0.05, 0) is 49.1 Å². The van der Waals surface area contributed by atoms with E-state index in [1.807, 2.05) is 35.4 Å². The van der Waals surface area contributed by atoms with Gasteiger partial charge in [0.05, 0.1) is 5.52 Å². The SMILES string of the molecule is Cc1c(-c2ccc(OC3CCN(C(=O)C4CCCO4)CC3)cc2)cnc2ccccc12. The van der Waals surface area contributed by atoms with Crippen molar-refractivity contribution >= 4 is 16.8 Å². The number of benzene rings is 2. The molecule has 0 radical (unpaired) electrons. The Balaban J connectivity index is 1.21. The molecule has 0 spiro atoms. The van der Waals surface area contributed by atoms with E-state index in [-0.39, 0.29) is 18.1 Å². The molecule has 5 heteroatoms. The zero-order valence-electron chi connectivity index (χ0n) is 17.9. The van der Waals surface area contributed by atoms with E-state index in [0.717, 1.165) is 61.2 Å². The third kappa shape index (κ3) is 4.15. The van der Waals surface area contributed by atoms with Crippen molar-refractivity contribution in [1.82, 2.24) is 9.88 Å². The lowest BCUT2D eigenvalue weighted by molar-refractivity contribution is -0.142. The van der Waals surface area contributed by atoms with Crippen LogP contribution in [-0.4, -0.2) is 47.7 Å². The summed E-state index contributed by atoms with van der Waals surface area (Å²) in [6, 6.07) is 16.5. The molecule has 2 aliphatic rings. The monoisotopic (exact) mass is 416 g/mol. The second-order valence-corrected chi connectivity index (χ2v) is 8.48. The number of fused-ring (bicyclic) bond motifs is 1. The average Bonchev–Trinajstić information content (AvgIpc) is 3.35. The molecule has 2 fully saturated rings. The van der Waals surface area contributed by atoms with Crippen LogP contribution in [0.1, 0.15) is 31.2 Å². The molecule has 2 saturated heterocycles. The van der Waals surface area contributed by atoms with E-state index < -0.39 is 0 Å². The number of piperidine rings is 1. The minimum Gasteiger partial charge on any atom is -0.490 e. The summed E-state index contributed by atoms with van der Waals surface area (Å²) in [6.45, 7) is 4.34. The fraction of sp³-hybridized carbons (Fsp3) is 0.385. The molecule has 2 aromatic carbocycles. The molecule has 160 valence electrons. The number of amides is 1. The molecule has 1 aromatic heterocycles. The van der Waals surface area contributed by atoms with Crippen LogP contribution in [0.5, 0.6) is 5.75 Å². The largest absolute Gasteiger partial charge is 0.490 e. The van der Waals surface area contributed by atoms with Crippen molar-refractivity contribution in [3.8, 4) is 16.9 Å². The fourth-order valence-corrected chi connectivity index (χ4v) is 4.65. The molecule has 5 rings (SSSR count). The summed E-state index contributed by atoms with van der Waals surface area (Å²) in [6.07, 6.45) is 5.42. The van der Waals surface area contributed by atoms with Gasteiger partial charge in [-0.15, -0.1) is 0 Å². The van der Waals surface area contributed by atoms with Gasteiger partial charge in [0.1, 0.15) is 18.0 Å². The summed E-state index contributed by atoms with van der Waals surface area (Å²) in [5, 5.41) is 1.18. The van der Waals surface area contributed by atoms with E-state index in [9.17, 15) is 4.79 Å². The van der Waals surface area contributed by atoms with E-state index in [4.69, 9.17) is 9.47 Å². The van der Waals surface area contributed by atoms with Crippen LogP contribution in [0.25, 0.3) is 22.0 Å². The second kappa shape index (κ2) is 8.67. The third-order valence-electron chi connectivity index (χ3n) is 6.47. The van der Waals surface area contributed by atoms with Crippen molar-refractivity contribution in [3.63, 3.8) is 0 Å². The van der Waals surface area contributed by atoms with E-state index >= 15 is 0 Å². The highest BCUT2D eigenvalue weighted by Gasteiger charge is 2.31. The first-order chi connectivity index (χ1) is 15.2. The molecule has 3 heterocycles. The average molecular weight is 417 g/mol. The molecule has 3 aromatic rings. The number of para-hydroxylation sites is 1. The number of nitrogens with zero attached hydrogens (tertiary/aromatic N) is 2. The van der Waals surface area contributed by atoms with Crippen LogP contribution in [0, 0.1) is 6.92 Å². The molecule has 1 amide bonds. The number of hydrogen-bond donors (Lipinski definition) is 0. The van der Waals surface area contributed by atoms with Crippen LogP contribution in [0.3, 0.4) is 0 Å². The van der Waals surface area contributed by atoms with Crippen LogP contribution in [0.4, 0.5) is 0 Å². The zero-order valence-corrected chi connectivity index (χ0v) is 17.9. The number of likely N-dealkylation sites (tertiary alicyclic amines) is 1. The van der Waals surface area contributed by atoms with Crippen LogP contribution >= 0.6 is 0 Å². The molecule has 5 nitrogen and oxygen atoms in total. The van der Waals surface area contributed by atoms with Crippen molar-refractivity contribution in [2.45, 2.75) is 44.8 Å². The van der Waals surface area contributed by atoms with Crippen LogP contribution < -0.4 is 4.74 Å². The smallest absolute Gasteiger partial charge is 0.251 e. The Hall–Kier alpha value is -2.92. The molecule has 2 aliphatic heterocycles. The molecule has 1 atom stereocenters. The van der Waals surface area contributed by atoms with Gasteiger partial charge in [0.2, 0.25) is 0 Å². The molecule has 0 aliphatic carbocycles. The Morgan fingerprint density at radius 1 is 1.06 bits per heavy atom. The Morgan fingerprint density at radius 3 is 2.58 bits per heavy atom. The number of hydrogen-bond acceptors (Lipinski definition) is 4. The summed E-state index contributed by atoms with van der Waals surface area (Å²) in [7, 11) is 0. The Bertz CT molecular complexity index is 1070. The van der Waals surface area contributed by atoms with Gasteiger partial charge in [-0.25, -0.2) is 0 Å². The maximum absolute atomic E-state index is 12.5. The maximum atomic E-state index is 12.5. The molecular formula is C26H28N2O3. The minimum absolute atomic E-state index is 0.142. The summed E-state index contributed by atoms with van der Waals surface area (Å²) in [4.78, 5) is 19.1. The number of rotatable bonds is 4. The lowest BCUT2D eigenvalue weighted by Crippen LogP contribution is -2.45. The van der Waals surface area contributed by atoms with Crippen LogP contribution in [0.2, 0.25) is 0 Å². The van der Waals surface area contributed by atoms with Crippen LogP contribution in [0.15, 0.2) is 54.7 Å². The molecule has 0 bridgehead atoms. The first kappa shape index (κ1) is 20.0. The van der Waals surface area contributed by atoms with Gasteiger partial charge in [0.15, 0.2) is 0 Å². The van der Waals surface area contributed by atoms with Gasteiger partial charge >= 0.3 is 0 Å². The molecular weight excluding hydrogens is 388 g/mol. The quantitative estimate of drug-likeness (QED) is 0.615. The Labute approximate surface area is 183 Å². The van der Waals surface area contributed by atoms with Gasteiger partial charge in [0, 0.05) is 49.7 Å². The number of pyridine rings is 1. The third-order valence-corrected chi connectivity index (χ3v) is 6.47. The minimum atomic E-state index is -0.224. The van der Waals surface area contributed by atoms with Crippen molar-refractivity contribution in [2.75, 3.05) is 19.7 Å². The fourth-order valence-electron chi connectivity index (χ4n) is 4.65. The predicted octanol–water partition coefficient (Wildman–Crippen LogP) is 4.76. The van der Waals surface area contributed by atoms with Gasteiger partial charge in [-0.3, -0.25) is 9.78 Å². The summed E-state index contributed by atoms with van der Waals surface area (Å²) >= 11 is 0. The standard InChI is InChI=1S/C26H28N2O3/c1-18-22-5-2-3-6-24(22)27-17-23(18)19-8-10-20(11-9-19)31-21-12-14-28(15-13-21)26(29)25-7-4-16-30-25/h2-3,5-6,8-11,17,21,25H,4,7,12-16H2,1H3. The first-order valence-corrected chi connectivity index (χ1v) is 11.2. The first-order valence-electron chi connectivity index (χ1n) is 11.2. The lowest BCUT2D eigenvalue weighted by atomic mass is 9.99. The Kier molecular flexibility index (Phi) is 5.60. The van der Waals surface area contributed by atoms with Crippen molar-refractivity contribution in [3.05, 3.63) is 60.3 Å². The van der Waals surface area contributed by atoms with Gasteiger partial charge in [-0.2, -0.15) is 0 Å². The molecule has 31 heavy (non-hydrogen) atoms. The van der Waals surface area contributed by atoms with E-state index in [1.165, 1.54) is 10.9 Å². The van der Waals surface area contributed by atoms with E-state index in [0.29, 0.717) is 6.61 Å². The number of carbonyl (C=O) groups excluding carboxylic acids is 1. The summed E-state index contributed by atoms with van der Waals surface area (Å²) in [5.41, 5.74) is 4.54. The maximum Gasteiger partial charge on any atom is 0.251 e. The predicted molar refractivity (Wildman–Crippen MR) is 121 cm³/mol. The van der Waals surface area contributed by atoms with E-state index in [1.54, 1.807) is 0 Å². The normalized spacial score (nSPS) is 19.6. The summed E-state index contributed by atoms with van der Waals surface area (Å²) in [5.74, 6) is 1.03. The summed E-state index contributed by atoms with van der Waals surface area (Å²) < 4.78 is 11.8. The number of aromatic nitrogens is 1. The highest BCUT2D eigenvalue weighted by molar-refractivity contribution is 5.88. The second-order valence-electron chi connectivity index (χ2n) is 8.48. The number of aryl methyl sites for hydroxylation is 1. The van der Waals surface area contributed by atoms with E-state index in [2.05, 4.69) is 36.2 Å². The zero-order chi connectivity index (χ0) is 21.2. The lowest BCUT2D eigenvalue weighted by Gasteiger charge is -2.33. The van der Waals surface area contributed by atoms with Gasteiger partial charge in [0.25, 0.3) is 5.91 Å². The number of carbonyl (C=O) groups is 1. The van der Waals surface area contributed by atoms with Gasteiger partial charge < -0.3 is 14.4 Å². The molecule has 0 saturated carbocycles. The van der Waals surface area contributed by atoms with Crippen molar-refractivity contribution in [1.29, 1.82) is 0 Å².